The van der Waals surface area contributed by atoms with Crippen molar-refractivity contribution < 1.29 is 8.78 Å². The molecule has 1 saturated heterocycles. The molecule has 94 valence electrons. The molecule has 17 heavy (non-hydrogen) atoms. The number of halogens is 2. The molecule has 0 saturated carbocycles. The number of rotatable bonds is 4. The van der Waals surface area contributed by atoms with E-state index in [1.54, 1.807) is 0 Å². The third-order valence-corrected chi connectivity index (χ3v) is 3.37. The van der Waals surface area contributed by atoms with E-state index < -0.39 is 6.43 Å². The molecule has 1 heterocycles. The van der Waals surface area contributed by atoms with Crippen LogP contribution in [-0.2, 0) is 6.42 Å². The van der Waals surface area contributed by atoms with Gasteiger partial charge < -0.3 is 5.32 Å². The van der Waals surface area contributed by atoms with Crippen molar-refractivity contribution in [1.29, 1.82) is 0 Å². The number of hydrogen-bond acceptors (Lipinski definition) is 1. The van der Waals surface area contributed by atoms with Crippen molar-refractivity contribution in [2.75, 3.05) is 13.1 Å². The third-order valence-electron chi connectivity index (χ3n) is 3.37. The first kappa shape index (κ1) is 12.5. The molecule has 1 aliphatic rings. The molecular weight excluding hydrogens is 220 g/mol. The van der Waals surface area contributed by atoms with Crippen molar-refractivity contribution in [2.24, 2.45) is 0 Å². The lowest BCUT2D eigenvalue weighted by molar-refractivity contribution is 0.138. The van der Waals surface area contributed by atoms with E-state index in [4.69, 9.17) is 0 Å². The summed E-state index contributed by atoms with van der Waals surface area (Å²) in [5.41, 5.74) is 2.33. The van der Waals surface area contributed by atoms with Gasteiger partial charge >= 0.3 is 0 Å². The Bertz CT molecular complexity index is 346. The zero-order chi connectivity index (χ0) is 12.1. The van der Waals surface area contributed by atoms with Crippen LogP contribution in [0, 0.1) is 0 Å². The van der Waals surface area contributed by atoms with Gasteiger partial charge in [-0.1, -0.05) is 24.3 Å². The van der Waals surface area contributed by atoms with Gasteiger partial charge in [-0.3, -0.25) is 0 Å². The quantitative estimate of drug-likeness (QED) is 0.849. The molecule has 2 rings (SSSR count). The average molecular weight is 239 g/mol. The fourth-order valence-electron chi connectivity index (χ4n) is 2.41. The summed E-state index contributed by atoms with van der Waals surface area (Å²) in [6.07, 6.45) is 0.643. The van der Waals surface area contributed by atoms with E-state index in [9.17, 15) is 8.78 Å². The van der Waals surface area contributed by atoms with Gasteiger partial charge in [0.05, 0.1) is 0 Å². The van der Waals surface area contributed by atoms with Crippen molar-refractivity contribution in [2.45, 2.75) is 38.0 Å². The largest absolute Gasteiger partial charge is 0.316 e. The predicted molar refractivity (Wildman–Crippen MR) is 65.6 cm³/mol. The third kappa shape index (κ3) is 3.77. The van der Waals surface area contributed by atoms with Crippen LogP contribution < -0.4 is 5.32 Å². The predicted octanol–water partition coefficient (Wildman–Crippen LogP) is 3.35. The molecule has 1 nitrogen and oxygen atoms in total. The normalized spacial score (nSPS) is 20.8. The molecule has 1 aromatic carbocycles. The monoisotopic (exact) mass is 239 g/mol. The number of aryl methyl sites for hydroxylation is 1. The van der Waals surface area contributed by atoms with Gasteiger partial charge in [0.15, 0.2) is 0 Å². The van der Waals surface area contributed by atoms with E-state index in [0.29, 0.717) is 12.3 Å². The van der Waals surface area contributed by atoms with E-state index in [1.807, 2.05) is 12.1 Å². The first-order chi connectivity index (χ1) is 8.25. The number of piperidine rings is 1. The van der Waals surface area contributed by atoms with Crippen molar-refractivity contribution >= 4 is 0 Å². The molecule has 0 radical (unpaired) electrons. The minimum absolute atomic E-state index is 0.0353. The minimum atomic E-state index is -2.20. The van der Waals surface area contributed by atoms with Crippen molar-refractivity contribution in [3.05, 3.63) is 35.4 Å². The van der Waals surface area contributed by atoms with Crippen LogP contribution in [0.5, 0.6) is 0 Å². The molecule has 1 aromatic rings. The van der Waals surface area contributed by atoms with E-state index in [2.05, 4.69) is 17.4 Å². The van der Waals surface area contributed by atoms with E-state index >= 15 is 0 Å². The first-order valence-electron chi connectivity index (χ1n) is 6.33. The highest BCUT2D eigenvalue weighted by Gasteiger charge is 2.15. The van der Waals surface area contributed by atoms with Crippen molar-refractivity contribution in [1.82, 2.24) is 5.32 Å². The second kappa shape index (κ2) is 6.10. The lowest BCUT2D eigenvalue weighted by Crippen LogP contribution is -2.28. The molecule has 0 spiro atoms. The summed E-state index contributed by atoms with van der Waals surface area (Å²) in [6, 6.07) is 8.15. The molecule has 1 aliphatic heterocycles. The lowest BCUT2D eigenvalue weighted by Gasteiger charge is -2.23. The van der Waals surface area contributed by atoms with E-state index in [1.165, 1.54) is 18.4 Å². The summed E-state index contributed by atoms with van der Waals surface area (Å²) >= 11 is 0. The summed E-state index contributed by atoms with van der Waals surface area (Å²) in [5.74, 6) is 0.551. The van der Waals surface area contributed by atoms with Crippen LogP contribution in [0.4, 0.5) is 8.78 Å². The molecule has 1 fully saturated rings. The Morgan fingerprint density at radius 2 is 2.24 bits per heavy atom. The van der Waals surface area contributed by atoms with Crippen LogP contribution in [0.2, 0.25) is 0 Å². The number of benzene rings is 1. The molecule has 3 heteroatoms. The van der Waals surface area contributed by atoms with Gasteiger partial charge in [0, 0.05) is 13.0 Å². The second-order valence-electron chi connectivity index (χ2n) is 4.72. The topological polar surface area (TPSA) is 12.0 Å². The van der Waals surface area contributed by atoms with Gasteiger partial charge in [-0.05, 0) is 42.9 Å². The van der Waals surface area contributed by atoms with Crippen molar-refractivity contribution in [3.63, 3.8) is 0 Å². The Hall–Kier alpha value is -0.960. The van der Waals surface area contributed by atoms with Crippen LogP contribution in [0.1, 0.15) is 36.3 Å². The van der Waals surface area contributed by atoms with Crippen LogP contribution >= 0.6 is 0 Å². The Morgan fingerprint density at radius 1 is 1.35 bits per heavy atom. The average Bonchev–Trinajstić information content (AvgIpc) is 2.38. The second-order valence-corrected chi connectivity index (χ2v) is 4.72. The van der Waals surface area contributed by atoms with Gasteiger partial charge in [-0.2, -0.15) is 0 Å². The Balaban J connectivity index is 2.00. The number of alkyl halides is 2. The fourth-order valence-corrected chi connectivity index (χ4v) is 2.41. The highest BCUT2D eigenvalue weighted by molar-refractivity contribution is 5.27. The number of hydrogen-bond donors (Lipinski definition) is 1. The highest BCUT2D eigenvalue weighted by atomic mass is 19.3. The van der Waals surface area contributed by atoms with E-state index in [0.717, 1.165) is 18.7 Å². The van der Waals surface area contributed by atoms with Gasteiger partial charge in [0.1, 0.15) is 0 Å². The lowest BCUT2D eigenvalue weighted by atomic mass is 9.90. The van der Waals surface area contributed by atoms with Crippen molar-refractivity contribution in [3.8, 4) is 0 Å². The zero-order valence-electron chi connectivity index (χ0n) is 9.96. The molecule has 0 aromatic heterocycles. The van der Waals surface area contributed by atoms with Crippen LogP contribution in [0.3, 0.4) is 0 Å². The Kier molecular flexibility index (Phi) is 4.49. The Labute approximate surface area is 101 Å². The minimum Gasteiger partial charge on any atom is -0.316 e. The summed E-state index contributed by atoms with van der Waals surface area (Å²) < 4.78 is 24.3. The van der Waals surface area contributed by atoms with Gasteiger partial charge in [-0.15, -0.1) is 0 Å². The van der Waals surface area contributed by atoms with Crippen LogP contribution in [0.15, 0.2) is 24.3 Å². The zero-order valence-corrected chi connectivity index (χ0v) is 9.96. The van der Waals surface area contributed by atoms with E-state index in [-0.39, 0.29) is 6.42 Å². The summed E-state index contributed by atoms with van der Waals surface area (Å²) in [4.78, 5) is 0. The molecule has 1 atom stereocenters. The maximum absolute atomic E-state index is 12.2. The molecular formula is C14H19F2N. The van der Waals surface area contributed by atoms with Crippen LogP contribution in [-0.4, -0.2) is 19.5 Å². The smallest absolute Gasteiger partial charge is 0.239 e. The molecule has 1 N–H and O–H groups in total. The standard InChI is InChI=1S/C14H19F2N/c15-14(16)7-6-11-3-1-4-12(9-11)13-5-2-8-17-10-13/h1,3-4,9,13-14,17H,2,5-8,10H2. The maximum Gasteiger partial charge on any atom is 0.239 e. The molecule has 0 amide bonds. The molecule has 0 bridgehead atoms. The summed E-state index contributed by atoms with van der Waals surface area (Å²) in [6.45, 7) is 2.11. The SMILES string of the molecule is FC(F)CCc1cccc(C2CCCNC2)c1. The summed E-state index contributed by atoms with van der Waals surface area (Å²) in [5, 5.41) is 3.38. The Morgan fingerprint density at radius 3 is 2.94 bits per heavy atom. The van der Waals surface area contributed by atoms with Crippen LogP contribution in [0.25, 0.3) is 0 Å². The first-order valence-corrected chi connectivity index (χ1v) is 6.33. The molecule has 0 aliphatic carbocycles. The van der Waals surface area contributed by atoms with Gasteiger partial charge in [0.2, 0.25) is 6.43 Å². The summed E-state index contributed by atoms with van der Waals surface area (Å²) in [7, 11) is 0. The number of nitrogens with one attached hydrogen (secondary N) is 1. The van der Waals surface area contributed by atoms with Gasteiger partial charge in [0.25, 0.3) is 0 Å². The molecule has 1 unspecified atom stereocenters. The maximum atomic E-state index is 12.2. The highest BCUT2D eigenvalue weighted by Crippen LogP contribution is 2.24. The van der Waals surface area contributed by atoms with Gasteiger partial charge in [-0.25, -0.2) is 8.78 Å². The fraction of sp³-hybridized carbons (Fsp3) is 0.571.